The number of piperazine rings is 1. The first-order chi connectivity index (χ1) is 17.9. The first kappa shape index (κ1) is 27.4. The minimum Gasteiger partial charge on any atom is -0.379 e. The van der Waals surface area contributed by atoms with Crippen LogP contribution in [0.1, 0.15) is 44.2 Å². The second-order valence-electron chi connectivity index (χ2n) is 11.0. The van der Waals surface area contributed by atoms with Crippen LogP contribution < -0.4 is 10.2 Å². The van der Waals surface area contributed by atoms with E-state index in [4.69, 9.17) is 9.47 Å². The van der Waals surface area contributed by atoms with Crippen LogP contribution in [0.15, 0.2) is 18.2 Å². The fourth-order valence-electron chi connectivity index (χ4n) is 6.76. The van der Waals surface area contributed by atoms with Gasteiger partial charge in [0.2, 0.25) is 5.91 Å². The number of rotatable bonds is 6. The summed E-state index contributed by atoms with van der Waals surface area (Å²) < 4.78 is 91.6. The average molecular weight is 551 g/mol. The molecule has 1 N–H and O–H groups in total. The number of pyridine rings is 1. The number of anilines is 1. The Labute approximate surface area is 216 Å². The molecule has 1 saturated carbocycles. The third kappa shape index (κ3) is 5.46. The molecule has 0 aromatic carbocycles. The number of alkyl halides is 6. The zero-order chi connectivity index (χ0) is 27.3. The van der Waals surface area contributed by atoms with Gasteiger partial charge in [-0.25, -0.2) is 4.98 Å². The number of halogens is 6. The predicted molar refractivity (Wildman–Crippen MR) is 124 cm³/mol. The van der Waals surface area contributed by atoms with Gasteiger partial charge in [-0.1, -0.05) is 6.07 Å². The summed E-state index contributed by atoms with van der Waals surface area (Å²) in [7, 11) is 1.57. The summed E-state index contributed by atoms with van der Waals surface area (Å²) >= 11 is 0. The minimum atomic E-state index is -4.58. The van der Waals surface area contributed by atoms with E-state index in [0.29, 0.717) is 32.5 Å². The van der Waals surface area contributed by atoms with Crippen molar-refractivity contribution in [3.63, 3.8) is 0 Å². The third-order valence-electron chi connectivity index (χ3n) is 8.48. The summed E-state index contributed by atoms with van der Waals surface area (Å²) in [4.78, 5) is 20.8. The number of ether oxygens (including phenoxy) is 2. The fourth-order valence-corrected chi connectivity index (χ4v) is 6.76. The van der Waals surface area contributed by atoms with E-state index in [1.807, 2.05) is 0 Å². The number of carbonyl (C=O) groups excluding carboxylic acids is 1. The fraction of sp³-hybridized carbons (Fsp3) is 0.760. The van der Waals surface area contributed by atoms with Crippen molar-refractivity contribution in [3.05, 3.63) is 23.9 Å². The molecule has 1 aliphatic carbocycles. The molecule has 1 aromatic rings. The van der Waals surface area contributed by atoms with Crippen molar-refractivity contribution in [2.45, 2.75) is 81.1 Å². The van der Waals surface area contributed by atoms with E-state index >= 15 is 0 Å². The summed E-state index contributed by atoms with van der Waals surface area (Å²) in [6.07, 6.45) is -8.68. The van der Waals surface area contributed by atoms with E-state index < -0.39 is 35.8 Å². The highest BCUT2D eigenvalue weighted by molar-refractivity contribution is 5.84. The molecule has 0 unspecified atom stereocenters. The molecule has 6 atom stereocenters. The second-order valence-corrected chi connectivity index (χ2v) is 11.0. The highest BCUT2D eigenvalue weighted by atomic mass is 19.4. The van der Waals surface area contributed by atoms with Crippen molar-refractivity contribution in [2.24, 2.45) is 5.41 Å². The maximum atomic E-state index is 13.8. The Morgan fingerprint density at radius 2 is 1.97 bits per heavy atom. The van der Waals surface area contributed by atoms with E-state index in [1.54, 1.807) is 12.0 Å². The first-order valence-electron chi connectivity index (χ1n) is 12.9. The van der Waals surface area contributed by atoms with Gasteiger partial charge in [0.15, 0.2) is 0 Å². The Morgan fingerprint density at radius 1 is 1.18 bits per heavy atom. The van der Waals surface area contributed by atoms with Crippen LogP contribution in [0.3, 0.4) is 0 Å². The molecule has 3 aliphatic heterocycles. The molecule has 7 nitrogen and oxygen atoms in total. The Balaban J connectivity index is 1.29. The number of aromatic nitrogens is 1. The number of carbonyl (C=O) groups is 1. The molecule has 212 valence electrons. The standard InChI is InChI=1S/C25H32F6N4O3/c1-37-19-13-38-8-6-18(19)32-15-5-7-23(10-15,14-24(26,27)28)22(36)35-12-16-9-17(35)11-34(16)21-4-2-3-20(33-21)25(29,30)31/h2-4,15-19,32H,5-14H2,1H3/t15-,16+,17+,18+,19-,23+/m1/s1. The Hall–Kier alpha value is -2.12. The maximum absolute atomic E-state index is 13.8. The van der Waals surface area contributed by atoms with Crippen molar-refractivity contribution in [3.8, 4) is 0 Å². The number of hydrogen-bond donors (Lipinski definition) is 1. The van der Waals surface area contributed by atoms with E-state index in [2.05, 4.69) is 10.3 Å². The van der Waals surface area contributed by atoms with Crippen molar-refractivity contribution in [1.82, 2.24) is 15.2 Å². The van der Waals surface area contributed by atoms with Gasteiger partial charge in [0.25, 0.3) is 0 Å². The van der Waals surface area contributed by atoms with Crippen molar-refractivity contribution >= 4 is 11.7 Å². The van der Waals surface area contributed by atoms with Crippen LogP contribution in [0.5, 0.6) is 0 Å². The van der Waals surface area contributed by atoms with Gasteiger partial charge in [-0.05, 0) is 44.2 Å². The van der Waals surface area contributed by atoms with Crippen LogP contribution in [0.2, 0.25) is 0 Å². The van der Waals surface area contributed by atoms with Crippen LogP contribution in [0.25, 0.3) is 0 Å². The number of methoxy groups -OCH3 is 1. The molecule has 13 heteroatoms. The zero-order valence-electron chi connectivity index (χ0n) is 21.0. The van der Waals surface area contributed by atoms with Gasteiger partial charge in [0.05, 0.1) is 36.6 Å². The average Bonchev–Trinajstić information content (AvgIpc) is 3.58. The molecular weight excluding hydrogens is 518 g/mol. The molecule has 0 spiro atoms. The van der Waals surface area contributed by atoms with Crippen LogP contribution in [-0.2, 0) is 20.4 Å². The molecule has 5 rings (SSSR count). The van der Waals surface area contributed by atoms with E-state index in [9.17, 15) is 31.1 Å². The summed E-state index contributed by atoms with van der Waals surface area (Å²) in [5, 5.41) is 3.43. The molecular formula is C25H32F6N4O3. The summed E-state index contributed by atoms with van der Waals surface area (Å²) in [5.74, 6) is -0.336. The Bertz CT molecular complexity index is 1020. The van der Waals surface area contributed by atoms with Gasteiger partial charge in [0, 0.05) is 38.9 Å². The normalized spacial score (nSPS) is 33.8. The molecule has 3 saturated heterocycles. The monoisotopic (exact) mass is 550 g/mol. The largest absolute Gasteiger partial charge is 0.433 e. The molecule has 4 heterocycles. The molecule has 1 aromatic heterocycles. The van der Waals surface area contributed by atoms with Gasteiger partial charge in [-0.3, -0.25) is 4.79 Å². The summed E-state index contributed by atoms with van der Waals surface area (Å²) in [5.41, 5.74) is -2.56. The zero-order valence-corrected chi connectivity index (χ0v) is 21.0. The first-order valence-corrected chi connectivity index (χ1v) is 12.9. The van der Waals surface area contributed by atoms with Crippen molar-refractivity contribution in [1.29, 1.82) is 0 Å². The molecule has 4 aliphatic rings. The topological polar surface area (TPSA) is 66.9 Å². The van der Waals surface area contributed by atoms with E-state index in [1.165, 1.54) is 17.0 Å². The quantitative estimate of drug-likeness (QED) is 0.545. The van der Waals surface area contributed by atoms with Gasteiger partial charge in [0.1, 0.15) is 11.5 Å². The lowest BCUT2D eigenvalue weighted by molar-refractivity contribution is -0.174. The van der Waals surface area contributed by atoms with E-state index in [-0.39, 0.29) is 62.0 Å². The number of hydrogen-bond acceptors (Lipinski definition) is 6. The second kappa shape index (κ2) is 10.1. The number of fused-ring (bicyclic) bond motifs is 2. The molecule has 1 amide bonds. The van der Waals surface area contributed by atoms with Gasteiger partial charge < -0.3 is 24.6 Å². The maximum Gasteiger partial charge on any atom is 0.433 e. The molecule has 38 heavy (non-hydrogen) atoms. The number of nitrogens with one attached hydrogen (secondary N) is 1. The van der Waals surface area contributed by atoms with Gasteiger partial charge in [-0.15, -0.1) is 0 Å². The van der Waals surface area contributed by atoms with Crippen LogP contribution in [0, 0.1) is 5.41 Å². The lowest BCUT2D eigenvalue weighted by Crippen LogP contribution is -2.54. The smallest absolute Gasteiger partial charge is 0.379 e. The number of nitrogens with zero attached hydrogens (tertiary/aromatic N) is 3. The molecule has 0 radical (unpaired) electrons. The van der Waals surface area contributed by atoms with Crippen molar-refractivity contribution in [2.75, 3.05) is 38.3 Å². The predicted octanol–water partition coefficient (Wildman–Crippen LogP) is 3.77. The lowest BCUT2D eigenvalue weighted by Gasteiger charge is -2.40. The lowest BCUT2D eigenvalue weighted by atomic mass is 9.80. The Morgan fingerprint density at radius 3 is 2.63 bits per heavy atom. The van der Waals surface area contributed by atoms with Gasteiger partial charge >= 0.3 is 12.4 Å². The number of likely N-dealkylation sites (tertiary alicyclic amines) is 1. The van der Waals surface area contributed by atoms with Gasteiger partial charge in [-0.2, -0.15) is 26.3 Å². The highest BCUT2D eigenvalue weighted by Crippen LogP contribution is 2.49. The van der Waals surface area contributed by atoms with Crippen molar-refractivity contribution < 1.29 is 40.6 Å². The van der Waals surface area contributed by atoms with Crippen LogP contribution >= 0.6 is 0 Å². The summed E-state index contributed by atoms with van der Waals surface area (Å²) in [6.45, 7) is 1.35. The number of amides is 1. The van der Waals surface area contributed by atoms with Crippen LogP contribution in [0.4, 0.5) is 32.2 Å². The molecule has 4 fully saturated rings. The SMILES string of the molecule is CO[C@@H]1COCC[C@@H]1N[C@@H]1CC[C@](CC(F)(F)F)(C(=O)N2C[C@@H]3C[C@H]2CN3c2cccc(C(F)(F)F)n2)C1. The van der Waals surface area contributed by atoms with Crippen LogP contribution in [-0.4, -0.2) is 85.7 Å². The van der Waals surface area contributed by atoms with E-state index in [0.717, 1.165) is 6.07 Å². The third-order valence-corrected chi connectivity index (χ3v) is 8.48. The minimum absolute atomic E-state index is 0.0631. The Kier molecular flexibility index (Phi) is 7.31. The summed E-state index contributed by atoms with van der Waals surface area (Å²) in [6, 6.07) is 2.70. The highest BCUT2D eigenvalue weighted by Gasteiger charge is 2.57. The molecule has 2 bridgehead atoms.